The van der Waals surface area contributed by atoms with E-state index in [0.29, 0.717) is 0 Å². The zero-order chi connectivity index (χ0) is 14.3. The lowest BCUT2D eigenvalue weighted by atomic mass is 9.71. The summed E-state index contributed by atoms with van der Waals surface area (Å²) >= 11 is 0. The third kappa shape index (κ3) is 4.44. The Kier molecular flexibility index (Phi) is 7.33. The lowest BCUT2D eigenvalue weighted by Crippen LogP contribution is -2.57. The highest BCUT2D eigenvalue weighted by molar-refractivity contribution is 4.97. The fourth-order valence-corrected chi connectivity index (χ4v) is 3.61. The molecule has 0 aromatic carbocycles. The fourth-order valence-electron chi connectivity index (χ4n) is 3.61. The van der Waals surface area contributed by atoms with Crippen LogP contribution >= 0.6 is 0 Å². The zero-order valence-electron chi connectivity index (χ0n) is 13.5. The van der Waals surface area contributed by atoms with Gasteiger partial charge < -0.3 is 10.5 Å². The van der Waals surface area contributed by atoms with Gasteiger partial charge in [0, 0.05) is 25.2 Å². The second-order valence-electron chi connectivity index (χ2n) is 6.31. The Hall–Kier alpha value is -0.120. The first-order valence-corrected chi connectivity index (χ1v) is 8.12. The highest BCUT2D eigenvalue weighted by Crippen LogP contribution is 2.39. The van der Waals surface area contributed by atoms with Crippen molar-refractivity contribution >= 4 is 0 Å². The van der Waals surface area contributed by atoms with Crippen molar-refractivity contribution in [1.82, 2.24) is 4.90 Å². The number of hydrogen-bond acceptors (Lipinski definition) is 3. The van der Waals surface area contributed by atoms with Crippen LogP contribution in [0, 0.1) is 11.8 Å². The van der Waals surface area contributed by atoms with Crippen molar-refractivity contribution < 1.29 is 4.74 Å². The summed E-state index contributed by atoms with van der Waals surface area (Å²) in [5.41, 5.74) is 6.42. The first-order valence-electron chi connectivity index (χ1n) is 8.12. The molecule has 0 aromatic rings. The third-order valence-electron chi connectivity index (χ3n) is 4.94. The maximum atomic E-state index is 6.20. The number of nitrogens with two attached hydrogens (primary N) is 1. The minimum atomic E-state index is 0.221. The molecule has 114 valence electrons. The second kappa shape index (κ2) is 8.23. The molecule has 2 N–H and O–H groups in total. The van der Waals surface area contributed by atoms with Crippen LogP contribution in [0.2, 0.25) is 0 Å². The molecule has 0 aromatic heterocycles. The van der Waals surface area contributed by atoms with E-state index in [4.69, 9.17) is 10.5 Å². The Labute approximate surface area is 119 Å². The Morgan fingerprint density at radius 2 is 2.11 bits per heavy atom. The maximum Gasteiger partial charge on any atom is 0.0593 e. The van der Waals surface area contributed by atoms with Gasteiger partial charge in [-0.1, -0.05) is 33.6 Å². The van der Waals surface area contributed by atoms with Crippen LogP contribution in [0.5, 0.6) is 0 Å². The van der Waals surface area contributed by atoms with E-state index in [2.05, 4.69) is 32.6 Å². The van der Waals surface area contributed by atoms with E-state index >= 15 is 0 Å². The van der Waals surface area contributed by atoms with Crippen molar-refractivity contribution in [1.29, 1.82) is 0 Å². The number of likely N-dealkylation sites (N-methyl/N-ethyl adjacent to an activating group) is 1. The molecular weight excluding hydrogens is 236 g/mol. The number of rotatable bonds is 8. The van der Waals surface area contributed by atoms with Crippen molar-refractivity contribution in [3.05, 3.63) is 0 Å². The summed E-state index contributed by atoms with van der Waals surface area (Å²) < 4.78 is 5.54. The predicted molar refractivity (Wildman–Crippen MR) is 82.3 cm³/mol. The number of nitrogens with zero attached hydrogens (tertiary/aromatic N) is 1. The van der Waals surface area contributed by atoms with Gasteiger partial charge in [0.1, 0.15) is 0 Å². The van der Waals surface area contributed by atoms with E-state index in [-0.39, 0.29) is 5.54 Å². The van der Waals surface area contributed by atoms with Crippen molar-refractivity contribution in [2.24, 2.45) is 17.6 Å². The van der Waals surface area contributed by atoms with Gasteiger partial charge in [0.2, 0.25) is 0 Å². The first-order chi connectivity index (χ1) is 9.09. The molecule has 19 heavy (non-hydrogen) atoms. The van der Waals surface area contributed by atoms with E-state index in [0.717, 1.165) is 44.7 Å². The Morgan fingerprint density at radius 1 is 1.37 bits per heavy atom. The molecule has 3 heteroatoms. The smallest absolute Gasteiger partial charge is 0.0593 e. The Morgan fingerprint density at radius 3 is 2.63 bits per heavy atom. The molecule has 1 aliphatic carbocycles. The summed E-state index contributed by atoms with van der Waals surface area (Å²) in [5, 5.41) is 0. The molecular formula is C16H34N2O. The van der Waals surface area contributed by atoms with Crippen LogP contribution in [0.25, 0.3) is 0 Å². The zero-order valence-corrected chi connectivity index (χ0v) is 13.5. The summed E-state index contributed by atoms with van der Waals surface area (Å²) in [4.78, 5) is 2.58. The average Bonchev–Trinajstić information content (AvgIpc) is 2.43. The van der Waals surface area contributed by atoms with Gasteiger partial charge in [-0.15, -0.1) is 0 Å². The van der Waals surface area contributed by atoms with Gasteiger partial charge in [0.25, 0.3) is 0 Å². The predicted octanol–water partition coefficient (Wildman–Crippen LogP) is 2.89. The fraction of sp³-hybridized carbons (Fsp3) is 1.00. The lowest BCUT2D eigenvalue weighted by molar-refractivity contribution is 0.00742. The van der Waals surface area contributed by atoms with E-state index < -0.39 is 0 Å². The van der Waals surface area contributed by atoms with Crippen LogP contribution in [-0.4, -0.2) is 43.3 Å². The van der Waals surface area contributed by atoms with E-state index in [1.54, 1.807) is 0 Å². The molecule has 1 saturated carbocycles. The minimum absolute atomic E-state index is 0.221. The molecule has 0 radical (unpaired) electrons. The standard InChI is InChI=1S/C16H34N2O/c1-5-18(10-11-19-6-2)16(13-17)9-7-8-15(12-16)14(3)4/h14-15H,5-13,17H2,1-4H3. The number of hydrogen-bond donors (Lipinski definition) is 1. The van der Waals surface area contributed by atoms with Crippen molar-refractivity contribution in [2.45, 2.75) is 58.9 Å². The van der Waals surface area contributed by atoms with Gasteiger partial charge >= 0.3 is 0 Å². The summed E-state index contributed by atoms with van der Waals surface area (Å²) in [6.45, 7) is 13.5. The van der Waals surface area contributed by atoms with Crippen LogP contribution in [0.1, 0.15) is 53.4 Å². The van der Waals surface area contributed by atoms with Gasteiger partial charge in [-0.05, 0) is 38.1 Å². The van der Waals surface area contributed by atoms with Gasteiger partial charge in [0.05, 0.1) is 6.61 Å². The summed E-state index contributed by atoms with van der Waals surface area (Å²) in [6.07, 6.45) is 5.22. The van der Waals surface area contributed by atoms with Crippen molar-refractivity contribution in [3.63, 3.8) is 0 Å². The summed E-state index contributed by atoms with van der Waals surface area (Å²) in [6, 6.07) is 0. The van der Waals surface area contributed by atoms with Gasteiger partial charge in [-0.2, -0.15) is 0 Å². The van der Waals surface area contributed by atoms with E-state index in [9.17, 15) is 0 Å². The Bertz CT molecular complexity index is 245. The molecule has 0 saturated heterocycles. The molecule has 2 unspecified atom stereocenters. The molecule has 0 bridgehead atoms. The van der Waals surface area contributed by atoms with Gasteiger partial charge in [-0.25, -0.2) is 0 Å². The molecule has 3 nitrogen and oxygen atoms in total. The van der Waals surface area contributed by atoms with E-state index in [1.165, 1.54) is 25.7 Å². The SMILES string of the molecule is CCOCCN(CC)C1(CN)CCCC(C(C)C)C1. The Balaban J connectivity index is 2.69. The van der Waals surface area contributed by atoms with Crippen LogP contribution in [0.15, 0.2) is 0 Å². The molecule has 1 rings (SSSR count). The molecule has 0 aliphatic heterocycles. The minimum Gasteiger partial charge on any atom is -0.380 e. The lowest BCUT2D eigenvalue weighted by Gasteiger charge is -2.49. The molecule has 0 heterocycles. The molecule has 0 spiro atoms. The van der Waals surface area contributed by atoms with Gasteiger partial charge in [0.15, 0.2) is 0 Å². The average molecular weight is 270 g/mol. The maximum absolute atomic E-state index is 6.20. The van der Waals surface area contributed by atoms with Crippen LogP contribution in [0.3, 0.4) is 0 Å². The normalized spacial score (nSPS) is 28.3. The van der Waals surface area contributed by atoms with Crippen LogP contribution in [-0.2, 0) is 4.74 Å². The summed E-state index contributed by atoms with van der Waals surface area (Å²) in [5.74, 6) is 1.61. The number of ether oxygens (including phenoxy) is 1. The monoisotopic (exact) mass is 270 g/mol. The second-order valence-corrected chi connectivity index (χ2v) is 6.31. The van der Waals surface area contributed by atoms with Crippen molar-refractivity contribution in [3.8, 4) is 0 Å². The van der Waals surface area contributed by atoms with Gasteiger partial charge in [-0.3, -0.25) is 4.90 Å². The quantitative estimate of drug-likeness (QED) is 0.689. The first kappa shape index (κ1) is 16.9. The van der Waals surface area contributed by atoms with E-state index in [1.807, 2.05) is 0 Å². The largest absolute Gasteiger partial charge is 0.380 e. The summed E-state index contributed by atoms with van der Waals surface area (Å²) in [7, 11) is 0. The third-order valence-corrected chi connectivity index (χ3v) is 4.94. The van der Waals surface area contributed by atoms with Crippen LogP contribution in [0.4, 0.5) is 0 Å². The van der Waals surface area contributed by atoms with Crippen LogP contribution < -0.4 is 5.73 Å². The topological polar surface area (TPSA) is 38.5 Å². The highest BCUT2D eigenvalue weighted by atomic mass is 16.5. The molecule has 1 aliphatic rings. The molecule has 2 atom stereocenters. The molecule has 0 amide bonds. The highest BCUT2D eigenvalue weighted by Gasteiger charge is 2.40. The molecule has 1 fully saturated rings. The van der Waals surface area contributed by atoms with Crippen molar-refractivity contribution in [2.75, 3.05) is 32.8 Å².